The number of pyridine rings is 1. The highest BCUT2D eigenvalue weighted by Crippen LogP contribution is 2.42. The molecule has 0 atom stereocenters. The molecule has 5 heteroatoms. The van der Waals surface area contributed by atoms with E-state index in [-0.39, 0.29) is 0 Å². The molecule has 0 aliphatic rings. The standard InChI is InChI=1S/C33H23N3OS/c1-18-17-25-21-9-4-7-14-28(21)37-30(25)20(3)29(18)36-27-13-6-5-12-26(27)35-32(36)24-11-8-10-22-23-16-15-19(2)34-33(23)38-31(22)24/h4-17H,1-3H3. The highest BCUT2D eigenvalue weighted by molar-refractivity contribution is 7.26. The molecule has 0 aliphatic carbocycles. The second-order valence-corrected chi connectivity index (χ2v) is 11.0. The molecule has 4 aromatic carbocycles. The van der Waals surface area contributed by atoms with Gasteiger partial charge < -0.3 is 4.42 Å². The van der Waals surface area contributed by atoms with Gasteiger partial charge in [-0.2, -0.15) is 0 Å². The van der Waals surface area contributed by atoms with Gasteiger partial charge in [0.2, 0.25) is 0 Å². The zero-order valence-corrected chi connectivity index (χ0v) is 22.1. The zero-order chi connectivity index (χ0) is 25.5. The number of hydrogen-bond acceptors (Lipinski definition) is 4. The van der Waals surface area contributed by atoms with Gasteiger partial charge in [-0.3, -0.25) is 4.57 Å². The third kappa shape index (κ3) is 2.91. The van der Waals surface area contributed by atoms with Crippen molar-refractivity contribution in [1.82, 2.24) is 14.5 Å². The van der Waals surface area contributed by atoms with Crippen LogP contribution in [0.15, 0.2) is 89.3 Å². The number of para-hydroxylation sites is 3. The number of aromatic nitrogens is 3. The average molecular weight is 510 g/mol. The SMILES string of the molecule is Cc1ccc2c(n1)sc1c(-c3nc4ccccc4n3-c3c(C)cc4c(oc5ccccc54)c3C)cccc12. The first kappa shape index (κ1) is 21.6. The Morgan fingerprint density at radius 2 is 1.55 bits per heavy atom. The van der Waals surface area contributed by atoms with Crippen molar-refractivity contribution in [3.8, 4) is 17.1 Å². The smallest absolute Gasteiger partial charge is 0.147 e. The quantitative estimate of drug-likeness (QED) is 0.233. The number of hydrogen-bond donors (Lipinski definition) is 0. The predicted molar refractivity (Wildman–Crippen MR) is 159 cm³/mol. The van der Waals surface area contributed by atoms with Gasteiger partial charge in [0.05, 0.1) is 16.7 Å². The molecule has 0 bridgehead atoms. The van der Waals surface area contributed by atoms with E-state index in [1.807, 2.05) is 19.1 Å². The van der Waals surface area contributed by atoms with Crippen molar-refractivity contribution in [1.29, 1.82) is 0 Å². The van der Waals surface area contributed by atoms with E-state index < -0.39 is 0 Å². The molecule has 0 saturated carbocycles. The summed E-state index contributed by atoms with van der Waals surface area (Å²) in [6.07, 6.45) is 0. The fourth-order valence-electron chi connectivity index (χ4n) is 5.90. The first-order valence-corrected chi connectivity index (χ1v) is 13.6. The highest BCUT2D eigenvalue weighted by Gasteiger charge is 2.23. The number of benzene rings is 4. The zero-order valence-electron chi connectivity index (χ0n) is 21.2. The van der Waals surface area contributed by atoms with Crippen molar-refractivity contribution in [3.05, 3.63) is 102 Å². The Balaban J connectivity index is 1.49. The monoisotopic (exact) mass is 509 g/mol. The molecule has 0 aliphatic heterocycles. The van der Waals surface area contributed by atoms with Crippen LogP contribution < -0.4 is 0 Å². The molecule has 4 nitrogen and oxygen atoms in total. The van der Waals surface area contributed by atoms with E-state index in [9.17, 15) is 0 Å². The van der Waals surface area contributed by atoms with Gasteiger partial charge in [0.25, 0.3) is 0 Å². The average Bonchev–Trinajstić information content (AvgIpc) is 3.60. The largest absolute Gasteiger partial charge is 0.456 e. The summed E-state index contributed by atoms with van der Waals surface area (Å²) in [7, 11) is 0. The van der Waals surface area contributed by atoms with Gasteiger partial charge in [-0.25, -0.2) is 9.97 Å². The summed E-state index contributed by atoms with van der Waals surface area (Å²) in [5.74, 6) is 0.932. The third-order valence-corrected chi connectivity index (χ3v) is 8.74. The summed E-state index contributed by atoms with van der Waals surface area (Å²) >= 11 is 1.74. The number of thiophene rings is 1. The summed E-state index contributed by atoms with van der Waals surface area (Å²) in [5.41, 5.74) is 9.45. The van der Waals surface area contributed by atoms with Crippen molar-refractivity contribution < 1.29 is 4.42 Å². The Morgan fingerprint density at radius 1 is 0.737 bits per heavy atom. The van der Waals surface area contributed by atoms with E-state index in [1.54, 1.807) is 11.3 Å². The van der Waals surface area contributed by atoms with Crippen molar-refractivity contribution in [3.63, 3.8) is 0 Å². The molecule has 0 radical (unpaired) electrons. The Hall–Kier alpha value is -4.48. The molecule has 0 saturated heterocycles. The van der Waals surface area contributed by atoms with Gasteiger partial charge in [0.15, 0.2) is 0 Å². The summed E-state index contributed by atoms with van der Waals surface area (Å²) in [6.45, 7) is 6.40. The van der Waals surface area contributed by atoms with E-state index >= 15 is 0 Å². The Kier molecular flexibility index (Phi) is 4.41. The third-order valence-electron chi connectivity index (χ3n) is 7.59. The lowest BCUT2D eigenvalue weighted by atomic mass is 10.0. The molecule has 0 fully saturated rings. The summed E-state index contributed by atoms with van der Waals surface area (Å²) in [6, 6.07) is 29.7. The van der Waals surface area contributed by atoms with E-state index in [0.29, 0.717) is 0 Å². The minimum Gasteiger partial charge on any atom is -0.456 e. The molecule has 0 amide bonds. The summed E-state index contributed by atoms with van der Waals surface area (Å²) in [5, 5.41) is 4.71. The van der Waals surface area contributed by atoms with E-state index in [1.165, 1.54) is 21.0 Å². The molecule has 0 spiro atoms. The Labute approximate surface area is 222 Å². The maximum Gasteiger partial charge on any atom is 0.147 e. The fraction of sp³-hybridized carbons (Fsp3) is 0.0909. The number of rotatable bonds is 2. The first-order valence-electron chi connectivity index (χ1n) is 12.8. The van der Waals surface area contributed by atoms with Gasteiger partial charge >= 0.3 is 0 Å². The van der Waals surface area contributed by atoms with Crippen LogP contribution >= 0.6 is 11.3 Å². The van der Waals surface area contributed by atoms with Gasteiger partial charge in [0, 0.05) is 43.1 Å². The van der Waals surface area contributed by atoms with Gasteiger partial charge in [-0.15, -0.1) is 11.3 Å². The van der Waals surface area contributed by atoms with E-state index in [2.05, 4.69) is 91.2 Å². The second kappa shape index (κ2) is 7.76. The van der Waals surface area contributed by atoms with Crippen LogP contribution in [-0.4, -0.2) is 14.5 Å². The molecule has 4 aromatic heterocycles. The molecule has 8 aromatic rings. The van der Waals surface area contributed by atoms with Crippen molar-refractivity contribution in [2.45, 2.75) is 20.8 Å². The number of aryl methyl sites for hydroxylation is 3. The fourth-order valence-corrected chi connectivity index (χ4v) is 7.13. The number of imidazole rings is 1. The lowest BCUT2D eigenvalue weighted by molar-refractivity contribution is 0.665. The van der Waals surface area contributed by atoms with Crippen molar-refractivity contribution >= 4 is 64.6 Å². The Bertz CT molecular complexity index is 2230. The molecular formula is C33H23N3OS. The first-order chi connectivity index (χ1) is 18.6. The molecule has 182 valence electrons. The second-order valence-electron chi connectivity index (χ2n) is 9.99. The van der Waals surface area contributed by atoms with Crippen LogP contribution in [0.2, 0.25) is 0 Å². The summed E-state index contributed by atoms with van der Waals surface area (Å²) < 4.78 is 9.95. The van der Waals surface area contributed by atoms with Crippen LogP contribution in [0.5, 0.6) is 0 Å². The highest BCUT2D eigenvalue weighted by atomic mass is 32.1. The topological polar surface area (TPSA) is 43.9 Å². The van der Waals surface area contributed by atoms with Crippen LogP contribution in [-0.2, 0) is 0 Å². The normalized spacial score (nSPS) is 12.1. The van der Waals surface area contributed by atoms with Crippen LogP contribution in [0.4, 0.5) is 0 Å². The van der Waals surface area contributed by atoms with E-state index in [0.717, 1.165) is 66.1 Å². The van der Waals surface area contributed by atoms with Crippen LogP contribution in [0.25, 0.3) is 70.3 Å². The van der Waals surface area contributed by atoms with Crippen LogP contribution in [0, 0.1) is 20.8 Å². The lowest BCUT2D eigenvalue weighted by Crippen LogP contribution is -2.03. The minimum absolute atomic E-state index is 0.913. The van der Waals surface area contributed by atoms with Crippen molar-refractivity contribution in [2.24, 2.45) is 0 Å². The maximum absolute atomic E-state index is 6.42. The molecule has 8 rings (SSSR count). The van der Waals surface area contributed by atoms with Crippen molar-refractivity contribution in [2.75, 3.05) is 0 Å². The maximum atomic E-state index is 6.42. The molecular weight excluding hydrogens is 486 g/mol. The number of furan rings is 1. The van der Waals surface area contributed by atoms with Gasteiger partial charge in [-0.1, -0.05) is 42.5 Å². The lowest BCUT2D eigenvalue weighted by Gasteiger charge is -2.16. The Morgan fingerprint density at radius 3 is 2.47 bits per heavy atom. The molecule has 38 heavy (non-hydrogen) atoms. The van der Waals surface area contributed by atoms with E-state index in [4.69, 9.17) is 14.4 Å². The number of fused-ring (bicyclic) bond motifs is 7. The van der Waals surface area contributed by atoms with Gasteiger partial charge in [-0.05, 0) is 68.8 Å². The van der Waals surface area contributed by atoms with Crippen LogP contribution in [0.1, 0.15) is 16.8 Å². The van der Waals surface area contributed by atoms with Gasteiger partial charge in [0.1, 0.15) is 21.8 Å². The predicted octanol–water partition coefficient (Wildman–Crippen LogP) is 9.28. The summed E-state index contributed by atoms with van der Waals surface area (Å²) in [4.78, 5) is 11.1. The molecule has 0 unspecified atom stereocenters. The molecule has 4 heterocycles. The number of nitrogens with zero attached hydrogens (tertiary/aromatic N) is 3. The minimum atomic E-state index is 0.913. The van der Waals surface area contributed by atoms with Crippen LogP contribution in [0.3, 0.4) is 0 Å². The molecule has 0 N–H and O–H groups in total.